The van der Waals surface area contributed by atoms with E-state index in [1.807, 2.05) is 0 Å². The van der Waals surface area contributed by atoms with Crippen LogP contribution in [0.5, 0.6) is 0 Å². The third-order valence-electron chi connectivity index (χ3n) is 9.82. The van der Waals surface area contributed by atoms with Crippen LogP contribution in [0.25, 0.3) is 12.2 Å². The predicted octanol–water partition coefficient (Wildman–Crippen LogP) is -5.21. The Morgan fingerprint density at radius 3 is 1.14 bits per heavy atom. The van der Waals surface area contributed by atoms with Crippen molar-refractivity contribution in [1.82, 2.24) is 35.2 Å². The molecule has 14 N–H and O–H groups in total. The fourth-order valence-electron chi connectivity index (χ4n) is 6.47. The second-order valence-corrected chi connectivity index (χ2v) is 19.3. The van der Waals surface area contributed by atoms with E-state index in [-0.39, 0.29) is 190 Å². The number of aliphatic hydroxyl groups is 8. The molecule has 0 spiro atoms. The van der Waals surface area contributed by atoms with Crippen LogP contribution in [0, 0.1) is 0 Å². The van der Waals surface area contributed by atoms with Crippen molar-refractivity contribution in [2.75, 3.05) is 136 Å². The van der Waals surface area contributed by atoms with Crippen molar-refractivity contribution in [2.45, 2.75) is 14.7 Å². The molecule has 0 aliphatic carbocycles. The summed E-state index contributed by atoms with van der Waals surface area (Å²) in [6.45, 7) is -0.857. The molecule has 0 saturated carbocycles. The fourth-order valence-corrected chi connectivity index (χ4v) is 8.36. The maximum atomic E-state index is 12.7. The van der Waals surface area contributed by atoms with E-state index < -0.39 is 40.1 Å². The van der Waals surface area contributed by atoms with Crippen molar-refractivity contribution in [1.29, 1.82) is 0 Å². The quantitative estimate of drug-likeness (QED) is 0.00884. The zero-order valence-corrected chi connectivity index (χ0v) is 45.3. The number of hydrogen-bond donors (Lipinski definition) is 14. The van der Waals surface area contributed by atoms with Gasteiger partial charge in [0.05, 0.1) is 62.6 Å². The Balaban J connectivity index is 0.00000177. The minimum absolute atomic E-state index is 0. The van der Waals surface area contributed by atoms with Gasteiger partial charge in [0.25, 0.3) is 20.2 Å². The average Bonchev–Trinajstić information content (AvgIpc) is 3.35. The number of rotatable bonds is 30. The van der Waals surface area contributed by atoms with Crippen molar-refractivity contribution >= 4 is 95.3 Å². The van der Waals surface area contributed by atoms with Crippen molar-refractivity contribution in [3.8, 4) is 0 Å². The molecule has 0 radical (unpaired) electrons. The molecule has 3 aromatic carbocycles. The van der Waals surface area contributed by atoms with Crippen LogP contribution in [0.15, 0.2) is 75.4 Å². The van der Waals surface area contributed by atoms with Crippen molar-refractivity contribution < 1.29 is 109 Å². The summed E-state index contributed by atoms with van der Waals surface area (Å²) in [5.41, 5.74) is -0.157. The van der Waals surface area contributed by atoms with E-state index >= 15 is 0 Å². The molecule has 30 nitrogen and oxygen atoms in total. The smallest absolute Gasteiger partial charge is 0.744 e. The van der Waals surface area contributed by atoms with Gasteiger partial charge < -0.3 is 81.4 Å². The number of hydrogen-bond acceptors (Lipinski definition) is 28. The van der Waals surface area contributed by atoms with Gasteiger partial charge in [-0.05, 0) is 59.7 Å². The average molecular weight is 1140 g/mol. The summed E-state index contributed by atoms with van der Waals surface area (Å²) in [7, 11) is -14.8. The van der Waals surface area contributed by atoms with Gasteiger partial charge in [0.15, 0.2) is 0 Å². The SMILES string of the molecule is O=S(=O)([O-])c1cc(Nc2nc(N(CCO)CCO)nc(N(CCO)CCO)n2)ccc1C=Cc1ccc(Nc2nc(Nc3ccc(S(=O)(=O)O)cc3)nc(N(CCO)CCO)n2)cc1S(=O)(=O)O.OCCNCCO.[Na+]. The van der Waals surface area contributed by atoms with E-state index in [4.69, 9.17) is 10.2 Å². The minimum atomic E-state index is -5.24. The van der Waals surface area contributed by atoms with Crippen LogP contribution in [-0.2, 0) is 30.4 Å². The first kappa shape index (κ1) is 64.9. The maximum absolute atomic E-state index is 12.7. The molecule has 0 saturated heterocycles. The van der Waals surface area contributed by atoms with E-state index in [2.05, 4.69) is 51.2 Å². The molecular weight excluding hydrogens is 1080 g/mol. The zero-order chi connectivity index (χ0) is 55.2. The van der Waals surface area contributed by atoms with E-state index in [1.165, 1.54) is 51.1 Å². The molecule has 0 bridgehead atoms. The fraction of sp³-hybridized carbons (Fsp3) is 0.381. The summed E-state index contributed by atoms with van der Waals surface area (Å²) >= 11 is 0. The van der Waals surface area contributed by atoms with Gasteiger partial charge in [-0.1, -0.05) is 24.3 Å². The number of benzene rings is 3. The molecule has 0 fully saturated rings. The summed E-state index contributed by atoms with van der Waals surface area (Å²) < 4.78 is 106. The summed E-state index contributed by atoms with van der Waals surface area (Å²) in [4.78, 5) is 28.3. The van der Waals surface area contributed by atoms with Gasteiger partial charge in [-0.2, -0.15) is 46.7 Å². The third kappa shape index (κ3) is 20.5. The van der Waals surface area contributed by atoms with Crippen LogP contribution in [0.4, 0.5) is 52.8 Å². The molecule has 34 heteroatoms. The molecule has 2 aromatic heterocycles. The van der Waals surface area contributed by atoms with Gasteiger partial charge in [0.2, 0.25) is 35.7 Å². The Morgan fingerprint density at radius 1 is 0.447 bits per heavy atom. The van der Waals surface area contributed by atoms with Gasteiger partial charge in [0.1, 0.15) is 15.0 Å². The Bertz CT molecular complexity index is 2940. The Labute approximate surface area is 459 Å². The number of aliphatic hydroxyl groups excluding tert-OH is 8. The molecule has 412 valence electrons. The molecule has 5 rings (SSSR count). The molecule has 0 atom stereocenters. The number of nitrogens with one attached hydrogen (secondary N) is 4. The first-order valence-electron chi connectivity index (χ1n) is 22.3. The van der Waals surface area contributed by atoms with E-state index in [1.54, 1.807) is 0 Å². The van der Waals surface area contributed by atoms with Crippen LogP contribution in [-0.4, -0.2) is 215 Å². The second-order valence-electron chi connectivity index (χ2n) is 15.2. The van der Waals surface area contributed by atoms with Crippen molar-refractivity contribution in [2.24, 2.45) is 0 Å². The Hall–Kier alpha value is -5.41. The van der Waals surface area contributed by atoms with E-state index in [0.717, 1.165) is 36.4 Å². The molecule has 76 heavy (non-hydrogen) atoms. The Kier molecular flexibility index (Phi) is 27.1. The monoisotopic (exact) mass is 1140 g/mol. The van der Waals surface area contributed by atoms with E-state index in [0.29, 0.717) is 13.1 Å². The van der Waals surface area contributed by atoms with Gasteiger partial charge in [-0.15, -0.1) is 0 Å². The first-order valence-corrected chi connectivity index (χ1v) is 26.6. The number of anilines is 9. The van der Waals surface area contributed by atoms with Crippen LogP contribution in [0.2, 0.25) is 0 Å². The summed E-state index contributed by atoms with van der Waals surface area (Å²) in [6, 6.07) is 11.9. The predicted molar refractivity (Wildman–Crippen MR) is 272 cm³/mol. The van der Waals surface area contributed by atoms with Crippen molar-refractivity contribution in [3.63, 3.8) is 0 Å². The minimum Gasteiger partial charge on any atom is -0.744 e. The van der Waals surface area contributed by atoms with Gasteiger partial charge in [0, 0.05) is 69.4 Å². The molecule has 0 unspecified atom stereocenters. The Morgan fingerprint density at radius 2 is 0.789 bits per heavy atom. The second kappa shape index (κ2) is 31.7. The van der Waals surface area contributed by atoms with Gasteiger partial charge >= 0.3 is 29.6 Å². The molecule has 0 amide bonds. The largest absolute Gasteiger partial charge is 1.00 e. The summed E-state index contributed by atoms with van der Waals surface area (Å²) in [5.74, 6) is -0.721. The number of aromatic nitrogens is 6. The van der Waals surface area contributed by atoms with Crippen LogP contribution >= 0.6 is 0 Å². The third-order valence-corrected chi connectivity index (χ3v) is 12.5. The molecule has 0 aliphatic heterocycles. The summed E-state index contributed by atoms with van der Waals surface area (Å²) in [5, 5.41) is 85.2. The van der Waals surface area contributed by atoms with Crippen LogP contribution < -0.4 is 65.5 Å². The first-order chi connectivity index (χ1) is 35.7. The number of nitrogens with zero attached hydrogens (tertiary/aromatic N) is 9. The van der Waals surface area contributed by atoms with Gasteiger partial charge in [-0.3, -0.25) is 9.11 Å². The van der Waals surface area contributed by atoms with Crippen LogP contribution in [0.1, 0.15) is 11.1 Å². The standard InChI is InChI=1S/C38H48N12O15S3.C4H11NO2.Na/c51-17-11-48(12-18-52)36-43-33(39-27-7-9-30(10-8-27)66(57,58)59)42-34(44-36)40-28-5-3-25(31(23-28)67(60,61)62)1-2-26-4-6-29(24-32(26)68(63,64)65)41-35-45-37(49(13-19-53)14-20-54)47-38(46-35)50(15-21-55)16-22-56;6-3-1-5-2-4-7;/h1-10,23-24,51-56H,11-22H2,(H,57,58,59)(H,60,61,62)(H,63,64,65)(H,41,45,46,47)(H2,39,40,42,43,44);5-7H,1-4H2;/q;;+1/p-1. The molecule has 0 aliphatic rings. The van der Waals surface area contributed by atoms with Crippen molar-refractivity contribution in [3.05, 3.63) is 71.8 Å². The maximum Gasteiger partial charge on any atom is 1.00 e. The molecular formula is C42H58N13NaO17S3. The topological polar surface area (TPSA) is 463 Å². The summed E-state index contributed by atoms with van der Waals surface area (Å²) in [6.07, 6.45) is 2.24. The normalized spacial score (nSPS) is 11.6. The zero-order valence-electron chi connectivity index (χ0n) is 40.8. The van der Waals surface area contributed by atoms with Crippen LogP contribution in [0.3, 0.4) is 0 Å². The molecule has 2 heterocycles. The van der Waals surface area contributed by atoms with Gasteiger partial charge in [-0.25, -0.2) is 8.42 Å². The van der Waals surface area contributed by atoms with E-state index in [9.17, 15) is 69.6 Å². The molecule has 5 aromatic rings.